The Balaban J connectivity index is 1.85. The lowest BCUT2D eigenvalue weighted by atomic mass is 9.98. The highest BCUT2D eigenvalue weighted by atomic mass is 32.1. The van der Waals surface area contributed by atoms with Gasteiger partial charge in [-0.1, -0.05) is 6.07 Å². The lowest BCUT2D eigenvalue weighted by Crippen LogP contribution is -2.29. The van der Waals surface area contributed by atoms with Crippen molar-refractivity contribution in [1.29, 1.82) is 0 Å². The van der Waals surface area contributed by atoms with Crippen LogP contribution in [-0.4, -0.2) is 28.9 Å². The first kappa shape index (κ1) is 21.2. The maximum atomic E-state index is 5.82. The van der Waals surface area contributed by atoms with Crippen LogP contribution < -0.4 is 19.7 Å². The van der Waals surface area contributed by atoms with Gasteiger partial charge in [0.2, 0.25) is 0 Å². The summed E-state index contributed by atoms with van der Waals surface area (Å²) in [6.07, 6.45) is 6.13. The zero-order valence-electron chi connectivity index (χ0n) is 18.5. The number of methoxy groups -OCH3 is 2. The molecule has 162 valence electrons. The Kier molecular flexibility index (Phi) is 5.62. The molecule has 1 aliphatic heterocycles. The van der Waals surface area contributed by atoms with Crippen molar-refractivity contribution in [3.05, 3.63) is 72.3 Å². The molecule has 1 aliphatic rings. The number of anilines is 1. The summed E-state index contributed by atoms with van der Waals surface area (Å²) in [7, 11) is 3.30. The van der Waals surface area contributed by atoms with Crippen LogP contribution in [-0.2, 0) is 5.54 Å². The Morgan fingerprint density at radius 1 is 1.06 bits per heavy atom. The van der Waals surface area contributed by atoms with Crippen molar-refractivity contribution < 1.29 is 9.47 Å². The van der Waals surface area contributed by atoms with Gasteiger partial charge in [0.25, 0.3) is 0 Å². The van der Waals surface area contributed by atoms with E-state index in [1.54, 1.807) is 14.2 Å². The van der Waals surface area contributed by atoms with Crippen molar-refractivity contribution in [2.24, 2.45) is 0 Å². The lowest BCUT2D eigenvalue weighted by Gasteiger charge is -2.29. The van der Waals surface area contributed by atoms with E-state index in [9.17, 15) is 0 Å². The van der Waals surface area contributed by atoms with Crippen molar-refractivity contribution in [3.8, 4) is 11.5 Å². The summed E-state index contributed by atoms with van der Waals surface area (Å²) < 4.78 is 13.3. The number of hydrogen-bond acceptors (Lipinski definition) is 4. The highest BCUT2D eigenvalue weighted by molar-refractivity contribution is 7.80. The maximum Gasteiger partial charge on any atom is 0.174 e. The van der Waals surface area contributed by atoms with Crippen molar-refractivity contribution in [2.75, 3.05) is 19.1 Å². The number of nitrogens with one attached hydrogen (secondary N) is 1. The minimum atomic E-state index is -0.101. The summed E-state index contributed by atoms with van der Waals surface area (Å²) >= 11 is 5.82. The quantitative estimate of drug-likeness (QED) is 0.578. The van der Waals surface area contributed by atoms with Crippen molar-refractivity contribution in [3.63, 3.8) is 0 Å². The van der Waals surface area contributed by atoms with Gasteiger partial charge in [0, 0.05) is 30.2 Å². The van der Waals surface area contributed by atoms with Crippen LogP contribution in [0.4, 0.5) is 5.69 Å². The predicted octanol–water partition coefficient (Wildman–Crippen LogP) is 4.83. The molecule has 0 bridgehead atoms. The second-order valence-corrected chi connectivity index (χ2v) is 8.94. The van der Waals surface area contributed by atoms with E-state index in [-0.39, 0.29) is 17.6 Å². The number of rotatable bonds is 5. The van der Waals surface area contributed by atoms with Crippen LogP contribution in [0.3, 0.4) is 0 Å². The molecule has 4 rings (SSSR count). The van der Waals surface area contributed by atoms with E-state index in [0.29, 0.717) is 10.9 Å². The van der Waals surface area contributed by atoms with Crippen molar-refractivity contribution >= 4 is 23.0 Å². The summed E-state index contributed by atoms with van der Waals surface area (Å²) in [6.45, 7) is 6.57. The molecule has 6 nitrogen and oxygen atoms in total. The molecule has 31 heavy (non-hydrogen) atoms. The molecule has 0 amide bonds. The first-order valence-corrected chi connectivity index (χ1v) is 10.7. The van der Waals surface area contributed by atoms with Crippen LogP contribution in [0.5, 0.6) is 11.5 Å². The minimum Gasteiger partial charge on any atom is -0.497 e. The second-order valence-electron chi connectivity index (χ2n) is 8.56. The van der Waals surface area contributed by atoms with Gasteiger partial charge in [-0.05, 0) is 68.9 Å². The highest BCUT2D eigenvalue weighted by Gasteiger charge is 2.42. The van der Waals surface area contributed by atoms with Gasteiger partial charge in [0.05, 0.1) is 37.7 Å². The average Bonchev–Trinajstić information content (AvgIpc) is 3.38. The van der Waals surface area contributed by atoms with Crippen LogP contribution >= 0.6 is 12.2 Å². The number of benzene rings is 1. The number of nitrogens with zero attached hydrogens (tertiary/aromatic N) is 3. The summed E-state index contributed by atoms with van der Waals surface area (Å²) in [5.74, 6) is 1.43. The van der Waals surface area contributed by atoms with Gasteiger partial charge in [-0.3, -0.25) is 4.98 Å². The molecular formula is C24H28N4O2S. The van der Waals surface area contributed by atoms with Crippen LogP contribution in [0.15, 0.2) is 61.1 Å². The minimum absolute atomic E-state index is 0.0199. The Labute approximate surface area is 188 Å². The zero-order chi connectivity index (χ0) is 22.2. The van der Waals surface area contributed by atoms with Gasteiger partial charge in [-0.25, -0.2) is 0 Å². The van der Waals surface area contributed by atoms with Gasteiger partial charge in [0.1, 0.15) is 11.5 Å². The van der Waals surface area contributed by atoms with Crippen LogP contribution in [0.25, 0.3) is 0 Å². The molecule has 0 saturated carbocycles. The molecule has 3 aromatic rings. The molecule has 3 heterocycles. The monoisotopic (exact) mass is 436 g/mol. The molecule has 7 heteroatoms. The Hall–Kier alpha value is -3.06. The highest BCUT2D eigenvalue weighted by Crippen LogP contribution is 2.45. The topological polar surface area (TPSA) is 51.5 Å². The molecule has 1 fully saturated rings. The fraction of sp³-hybridized carbons (Fsp3) is 0.333. The predicted molar refractivity (Wildman–Crippen MR) is 127 cm³/mol. The summed E-state index contributed by atoms with van der Waals surface area (Å²) in [5, 5.41) is 4.13. The van der Waals surface area contributed by atoms with Gasteiger partial charge in [-0.2, -0.15) is 0 Å². The number of thiocarbonyl (C=S) groups is 1. The molecule has 0 spiro atoms. The Bertz CT molecular complexity index is 1070. The van der Waals surface area contributed by atoms with Gasteiger partial charge in [0.15, 0.2) is 5.11 Å². The van der Waals surface area contributed by atoms with E-state index < -0.39 is 0 Å². The van der Waals surface area contributed by atoms with Gasteiger partial charge >= 0.3 is 0 Å². The largest absolute Gasteiger partial charge is 0.497 e. The van der Waals surface area contributed by atoms with Crippen LogP contribution in [0.1, 0.15) is 44.1 Å². The molecule has 1 aromatic carbocycles. The van der Waals surface area contributed by atoms with Gasteiger partial charge in [-0.15, -0.1) is 0 Å². The second kappa shape index (κ2) is 8.23. The normalized spacial score (nSPS) is 18.7. The SMILES string of the molecule is COc1ccc(N2C(=S)N[C@H](c3ccccn3)[C@@H]2c2ccn(C(C)(C)C)c2)c(OC)c1. The fourth-order valence-corrected chi connectivity index (χ4v) is 4.28. The number of ether oxygens (including phenoxy) is 2. The van der Waals surface area contributed by atoms with E-state index in [1.165, 1.54) is 0 Å². The van der Waals surface area contributed by atoms with Crippen LogP contribution in [0, 0.1) is 0 Å². The molecule has 2 atom stereocenters. The van der Waals surface area contributed by atoms with E-state index in [1.807, 2.05) is 42.6 Å². The maximum absolute atomic E-state index is 5.82. The van der Waals surface area contributed by atoms with E-state index in [0.717, 1.165) is 22.7 Å². The molecule has 0 aliphatic carbocycles. The van der Waals surface area contributed by atoms with E-state index >= 15 is 0 Å². The average molecular weight is 437 g/mol. The number of hydrogen-bond donors (Lipinski definition) is 1. The molecule has 1 N–H and O–H groups in total. The first-order valence-electron chi connectivity index (χ1n) is 10.2. The van der Waals surface area contributed by atoms with E-state index in [2.05, 4.69) is 59.0 Å². The summed E-state index contributed by atoms with van der Waals surface area (Å²) in [4.78, 5) is 6.74. The molecule has 1 saturated heterocycles. The Morgan fingerprint density at radius 3 is 2.48 bits per heavy atom. The third-order valence-corrected chi connectivity index (χ3v) is 5.89. The number of pyridine rings is 1. The van der Waals surface area contributed by atoms with Gasteiger partial charge < -0.3 is 24.3 Å². The summed E-state index contributed by atoms with van der Waals surface area (Å²) in [6, 6.07) is 13.7. The number of aromatic nitrogens is 2. The molecule has 2 aromatic heterocycles. The standard InChI is InChI=1S/C24H28N4O2S/c1-24(2,3)27-13-11-16(15-27)22-21(18-8-6-7-12-25-18)26-23(31)28(22)19-10-9-17(29-4)14-20(19)30-5/h6-15,21-22H,1-5H3,(H,26,31)/t21-,22+/m1/s1. The lowest BCUT2D eigenvalue weighted by molar-refractivity contribution is 0.393. The first-order chi connectivity index (χ1) is 14.8. The third kappa shape index (κ3) is 3.97. The van der Waals surface area contributed by atoms with Crippen molar-refractivity contribution in [1.82, 2.24) is 14.9 Å². The fourth-order valence-electron chi connectivity index (χ4n) is 3.94. The third-order valence-electron chi connectivity index (χ3n) is 5.58. The molecular weight excluding hydrogens is 408 g/mol. The Morgan fingerprint density at radius 2 is 1.87 bits per heavy atom. The summed E-state index contributed by atoms with van der Waals surface area (Å²) in [5.41, 5.74) is 2.95. The van der Waals surface area contributed by atoms with E-state index in [4.69, 9.17) is 21.7 Å². The zero-order valence-corrected chi connectivity index (χ0v) is 19.3. The van der Waals surface area contributed by atoms with Crippen molar-refractivity contribution in [2.45, 2.75) is 38.4 Å². The van der Waals surface area contributed by atoms with Crippen LogP contribution in [0.2, 0.25) is 0 Å². The molecule has 0 radical (unpaired) electrons. The molecule has 0 unspecified atom stereocenters. The smallest absolute Gasteiger partial charge is 0.174 e.